The lowest BCUT2D eigenvalue weighted by atomic mass is 9.98. The molecule has 1 heteroatoms. The number of rotatable bonds is 4. The van der Waals surface area contributed by atoms with Crippen LogP contribution in [0.3, 0.4) is 0 Å². The molecule has 0 heterocycles. The Bertz CT molecular complexity index is 628. The van der Waals surface area contributed by atoms with Gasteiger partial charge < -0.3 is 4.74 Å². The molecule has 1 aliphatic carbocycles. The molecule has 2 aromatic carbocycles. The fourth-order valence-corrected chi connectivity index (χ4v) is 3.02. The molecular formula is C19H22O. The van der Waals surface area contributed by atoms with Crippen LogP contribution in [0.5, 0.6) is 5.75 Å². The quantitative estimate of drug-likeness (QED) is 0.682. The van der Waals surface area contributed by atoms with Crippen molar-refractivity contribution in [2.45, 2.75) is 39.5 Å². The molecular weight excluding hydrogens is 244 g/mol. The largest absolute Gasteiger partial charge is 0.494 e. The first-order valence-electron chi connectivity index (χ1n) is 7.58. The van der Waals surface area contributed by atoms with E-state index in [-0.39, 0.29) is 0 Å². The van der Waals surface area contributed by atoms with Gasteiger partial charge in [0.05, 0.1) is 6.61 Å². The molecule has 1 nitrogen and oxygen atoms in total. The molecule has 0 radical (unpaired) electrons. The lowest BCUT2D eigenvalue weighted by molar-refractivity contribution is 0.309. The van der Waals surface area contributed by atoms with E-state index in [1.54, 1.807) is 0 Å². The van der Waals surface area contributed by atoms with Crippen LogP contribution in [0.15, 0.2) is 36.4 Å². The van der Waals surface area contributed by atoms with Crippen LogP contribution < -0.4 is 4.74 Å². The summed E-state index contributed by atoms with van der Waals surface area (Å²) in [4.78, 5) is 0. The third-order valence-corrected chi connectivity index (χ3v) is 4.22. The normalized spacial score (nSPS) is 15.8. The average Bonchev–Trinajstić information content (AvgIpc) is 2.72. The Kier molecular flexibility index (Phi) is 3.52. The lowest BCUT2D eigenvalue weighted by Crippen LogP contribution is -1.97. The summed E-state index contributed by atoms with van der Waals surface area (Å²) in [6.45, 7) is 7.46. The molecule has 3 rings (SSSR count). The molecule has 0 fully saturated rings. The van der Waals surface area contributed by atoms with Gasteiger partial charge in [0, 0.05) is 5.92 Å². The first kappa shape index (κ1) is 13.2. The van der Waals surface area contributed by atoms with E-state index in [1.807, 2.05) is 0 Å². The van der Waals surface area contributed by atoms with Crippen molar-refractivity contribution in [1.29, 1.82) is 0 Å². The third kappa shape index (κ3) is 2.22. The number of ether oxygens (including phenoxy) is 1. The van der Waals surface area contributed by atoms with E-state index < -0.39 is 0 Å². The maximum absolute atomic E-state index is 5.84. The molecule has 1 aliphatic rings. The summed E-state index contributed by atoms with van der Waals surface area (Å²) in [7, 11) is 0. The molecule has 0 spiro atoms. The van der Waals surface area contributed by atoms with Gasteiger partial charge in [0.15, 0.2) is 0 Å². The number of hydrogen-bond acceptors (Lipinski definition) is 1. The highest BCUT2D eigenvalue weighted by atomic mass is 16.5. The molecule has 0 saturated heterocycles. The second kappa shape index (κ2) is 5.32. The number of unbranched alkanes of at least 4 members (excludes halogenated alkanes) is 1. The van der Waals surface area contributed by atoms with Gasteiger partial charge in [0.25, 0.3) is 0 Å². The van der Waals surface area contributed by atoms with Crippen LogP contribution in [0.25, 0.3) is 11.1 Å². The van der Waals surface area contributed by atoms with Gasteiger partial charge in [0.1, 0.15) is 5.75 Å². The maximum atomic E-state index is 5.84. The first-order valence-corrected chi connectivity index (χ1v) is 7.58. The van der Waals surface area contributed by atoms with Gasteiger partial charge in [-0.15, -0.1) is 0 Å². The number of benzene rings is 2. The zero-order valence-electron chi connectivity index (χ0n) is 12.6. The van der Waals surface area contributed by atoms with Gasteiger partial charge in [-0.05, 0) is 47.7 Å². The van der Waals surface area contributed by atoms with Crippen LogP contribution in [0, 0.1) is 6.92 Å². The highest BCUT2D eigenvalue weighted by Gasteiger charge is 2.25. The summed E-state index contributed by atoms with van der Waals surface area (Å²) in [5.41, 5.74) is 6.95. The molecule has 2 aromatic rings. The van der Waals surface area contributed by atoms with Crippen molar-refractivity contribution in [1.82, 2.24) is 0 Å². The fourth-order valence-electron chi connectivity index (χ4n) is 3.02. The van der Waals surface area contributed by atoms with Crippen molar-refractivity contribution in [2.24, 2.45) is 0 Å². The SMILES string of the molecule is CCCCOc1ccc2c(c1)C(C)c1cc(C)ccc1-2. The molecule has 20 heavy (non-hydrogen) atoms. The second-order valence-corrected chi connectivity index (χ2v) is 5.76. The minimum absolute atomic E-state index is 0.467. The van der Waals surface area contributed by atoms with Crippen molar-refractivity contribution >= 4 is 0 Å². The zero-order valence-corrected chi connectivity index (χ0v) is 12.6. The molecule has 1 unspecified atom stereocenters. The third-order valence-electron chi connectivity index (χ3n) is 4.22. The highest BCUT2D eigenvalue weighted by molar-refractivity contribution is 5.79. The average molecular weight is 266 g/mol. The molecule has 104 valence electrons. The minimum atomic E-state index is 0.467. The lowest BCUT2D eigenvalue weighted by Gasteiger charge is -2.10. The van der Waals surface area contributed by atoms with Crippen molar-refractivity contribution < 1.29 is 4.74 Å². The fraction of sp³-hybridized carbons (Fsp3) is 0.368. The van der Waals surface area contributed by atoms with Crippen LogP contribution in [-0.2, 0) is 0 Å². The Morgan fingerprint density at radius 3 is 2.45 bits per heavy atom. The van der Waals surface area contributed by atoms with Crippen LogP contribution in [0.1, 0.15) is 49.3 Å². The maximum Gasteiger partial charge on any atom is 0.119 e. The Labute approximate surface area is 121 Å². The van der Waals surface area contributed by atoms with E-state index in [2.05, 4.69) is 57.2 Å². The van der Waals surface area contributed by atoms with E-state index >= 15 is 0 Å². The highest BCUT2D eigenvalue weighted by Crippen LogP contribution is 2.45. The number of aryl methyl sites for hydroxylation is 1. The zero-order chi connectivity index (χ0) is 14.1. The van der Waals surface area contributed by atoms with E-state index in [0.29, 0.717) is 5.92 Å². The van der Waals surface area contributed by atoms with Crippen molar-refractivity contribution in [3.63, 3.8) is 0 Å². The van der Waals surface area contributed by atoms with E-state index in [0.717, 1.165) is 18.8 Å². The standard InChI is InChI=1S/C19H22O/c1-4-5-10-20-15-7-9-17-16-8-6-13(2)11-18(16)14(3)19(17)12-15/h6-9,11-12,14H,4-5,10H2,1-3H3. The van der Waals surface area contributed by atoms with E-state index in [4.69, 9.17) is 4.74 Å². The molecule has 0 aromatic heterocycles. The van der Waals surface area contributed by atoms with Gasteiger partial charge in [0.2, 0.25) is 0 Å². The predicted octanol–water partition coefficient (Wildman–Crippen LogP) is 5.31. The molecule has 0 saturated carbocycles. The van der Waals surface area contributed by atoms with Gasteiger partial charge in [-0.1, -0.05) is 50.1 Å². The smallest absolute Gasteiger partial charge is 0.119 e. The monoisotopic (exact) mass is 266 g/mol. The summed E-state index contributed by atoms with van der Waals surface area (Å²) in [5.74, 6) is 1.48. The molecule has 0 amide bonds. The Balaban J connectivity index is 1.93. The second-order valence-electron chi connectivity index (χ2n) is 5.76. The molecule has 0 N–H and O–H groups in total. The Morgan fingerprint density at radius 2 is 1.70 bits per heavy atom. The van der Waals surface area contributed by atoms with E-state index in [9.17, 15) is 0 Å². The Hall–Kier alpha value is -1.76. The van der Waals surface area contributed by atoms with Crippen molar-refractivity contribution in [3.05, 3.63) is 53.1 Å². The Morgan fingerprint density at radius 1 is 1.00 bits per heavy atom. The van der Waals surface area contributed by atoms with Crippen LogP contribution in [0.2, 0.25) is 0 Å². The molecule has 1 atom stereocenters. The van der Waals surface area contributed by atoms with Crippen molar-refractivity contribution in [2.75, 3.05) is 6.61 Å². The molecule has 0 aliphatic heterocycles. The van der Waals surface area contributed by atoms with Crippen molar-refractivity contribution in [3.8, 4) is 16.9 Å². The topological polar surface area (TPSA) is 9.23 Å². The van der Waals surface area contributed by atoms with Gasteiger partial charge in [-0.3, -0.25) is 0 Å². The van der Waals surface area contributed by atoms with Gasteiger partial charge >= 0.3 is 0 Å². The summed E-state index contributed by atoms with van der Waals surface area (Å²) in [6.07, 6.45) is 2.29. The summed E-state index contributed by atoms with van der Waals surface area (Å²) >= 11 is 0. The first-order chi connectivity index (χ1) is 9.70. The van der Waals surface area contributed by atoms with Gasteiger partial charge in [-0.2, -0.15) is 0 Å². The van der Waals surface area contributed by atoms with Crippen LogP contribution >= 0.6 is 0 Å². The number of hydrogen-bond donors (Lipinski definition) is 0. The van der Waals surface area contributed by atoms with Crippen LogP contribution in [-0.4, -0.2) is 6.61 Å². The minimum Gasteiger partial charge on any atom is -0.494 e. The van der Waals surface area contributed by atoms with E-state index in [1.165, 1.54) is 34.2 Å². The summed E-state index contributed by atoms with van der Waals surface area (Å²) in [6, 6.07) is 13.3. The predicted molar refractivity (Wildman–Crippen MR) is 84.5 cm³/mol. The summed E-state index contributed by atoms with van der Waals surface area (Å²) in [5, 5.41) is 0. The molecule has 0 bridgehead atoms. The van der Waals surface area contributed by atoms with Gasteiger partial charge in [-0.25, -0.2) is 0 Å². The van der Waals surface area contributed by atoms with Crippen LogP contribution in [0.4, 0.5) is 0 Å². The summed E-state index contributed by atoms with van der Waals surface area (Å²) < 4.78 is 5.84. The number of fused-ring (bicyclic) bond motifs is 3.